The molecule has 0 aliphatic carbocycles. The molecule has 0 spiro atoms. The van der Waals surface area contributed by atoms with Gasteiger partial charge in [0, 0.05) is 11.1 Å². The van der Waals surface area contributed by atoms with E-state index in [1.165, 1.54) is 12.1 Å². The second kappa shape index (κ2) is 5.50. The Hall–Kier alpha value is -1.56. The van der Waals surface area contributed by atoms with Gasteiger partial charge < -0.3 is 10.5 Å². The van der Waals surface area contributed by atoms with E-state index in [-0.39, 0.29) is 23.6 Å². The van der Waals surface area contributed by atoms with Crippen molar-refractivity contribution < 1.29 is 17.9 Å². The molecule has 1 aromatic rings. The number of nitrogen functional groups attached to an aromatic ring is 1. The lowest BCUT2D eigenvalue weighted by atomic mass is 10.1. The molecule has 3 nitrogen and oxygen atoms in total. The van der Waals surface area contributed by atoms with E-state index in [1.54, 1.807) is 0 Å². The van der Waals surface area contributed by atoms with Crippen molar-refractivity contribution in [2.24, 2.45) is 5.73 Å². The highest BCUT2D eigenvalue weighted by Crippen LogP contribution is 2.11. The van der Waals surface area contributed by atoms with Crippen LogP contribution in [0.4, 0.5) is 13.2 Å². The van der Waals surface area contributed by atoms with Crippen molar-refractivity contribution in [1.82, 2.24) is 0 Å². The second-order valence-corrected chi connectivity index (χ2v) is 3.13. The van der Waals surface area contributed by atoms with Gasteiger partial charge in [0.05, 0.1) is 6.61 Å². The van der Waals surface area contributed by atoms with Crippen LogP contribution in [0.2, 0.25) is 0 Å². The molecule has 16 heavy (non-hydrogen) atoms. The van der Waals surface area contributed by atoms with Crippen LogP contribution in [0.1, 0.15) is 11.1 Å². The lowest BCUT2D eigenvalue weighted by Crippen LogP contribution is -2.12. The topological polar surface area (TPSA) is 59.1 Å². The zero-order chi connectivity index (χ0) is 12.1. The average molecular weight is 232 g/mol. The van der Waals surface area contributed by atoms with Crippen molar-refractivity contribution in [3.05, 3.63) is 35.1 Å². The van der Waals surface area contributed by atoms with Gasteiger partial charge in [0.25, 0.3) is 6.43 Å². The molecule has 0 heterocycles. The minimum atomic E-state index is -2.57. The Bertz CT molecular complexity index is 382. The molecule has 0 unspecified atom stereocenters. The molecule has 0 amide bonds. The number of nitrogens with one attached hydrogen (secondary N) is 1. The van der Waals surface area contributed by atoms with Crippen LogP contribution in [0.25, 0.3) is 0 Å². The predicted molar refractivity (Wildman–Crippen MR) is 53.1 cm³/mol. The van der Waals surface area contributed by atoms with Gasteiger partial charge in [0.2, 0.25) is 0 Å². The molecule has 1 rings (SSSR count). The van der Waals surface area contributed by atoms with Crippen LogP contribution >= 0.6 is 0 Å². The van der Waals surface area contributed by atoms with Crippen LogP contribution in [0.3, 0.4) is 0 Å². The third-order valence-electron chi connectivity index (χ3n) is 1.87. The van der Waals surface area contributed by atoms with Crippen molar-refractivity contribution in [1.29, 1.82) is 5.41 Å². The first-order valence-electron chi connectivity index (χ1n) is 4.49. The fourth-order valence-corrected chi connectivity index (χ4v) is 1.09. The van der Waals surface area contributed by atoms with Gasteiger partial charge in [-0.3, -0.25) is 5.41 Å². The van der Waals surface area contributed by atoms with Crippen molar-refractivity contribution >= 4 is 5.84 Å². The summed E-state index contributed by atoms with van der Waals surface area (Å²) in [7, 11) is 0. The van der Waals surface area contributed by atoms with Gasteiger partial charge in [0.15, 0.2) is 0 Å². The summed E-state index contributed by atoms with van der Waals surface area (Å²) in [6, 6.07) is 3.87. The Morgan fingerprint density at radius 1 is 1.44 bits per heavy atom. The molecule has 0 aliphatic rings. The standard InChI is InChI=1S/C10H11F3N2O/c11-8-3-6(10(14)15)1-2-7(8)4-16-5-9(12)13/h1-3,9H,4-5H2,(H3,14,15). The maximum absolute atomic E-state index is 13.3. The number of alkyl halides is 2. The highest BCUT2D eigenvalue weighted by Gasteiger charge is 2.07. The minimum Gasteiger partial charge on any atom is -0.384 e. The van der Waals surface area contributed by atoms with Gasteiger partial charge in [-0.2, -0.15) is 0 Å². The summed E-state index contributed by atoms with van der Waals surface area (Å²) in [6.45, 7) is -0.956. The maximum atomic E-state index is 13.3. The summed E-state index contributed by atoms with van der Waals surface area (Å²) in [5, 5.41) is 7.08. The molecule has 0 saturated heterocycles. The number of nitrogens with two attached hydrogens (primary N) is 1. The van der Waals surface area contributed by atoms with Gasteiger partial charge >= 0.3 is 0 Å². The molecule has 0 fully saturated rings. The third kappa shape index (κ3) is 3.54. The minimum absolute atomic E-state index is 0.158. The SMILES string of the molecule is N=C(N)c1ccc(COCC(F)F)c(F)c1. The highest BCUT2D eigenvalue weighted by atomic mass is 19.3. The highest BCUT2D eigenvalue weighted by molar-refractivity contribution is 5.94. The first kappa shape index (κ1) is 12.5. The van der Waals surface area contributed by atoms with E-state index in [0.29, 0.717) is 0 Å². The predicted octanol–water partition coefficient (Wildman–Crippen LogP) is 1.89. The van der Waals surface area contributed by atoms with E-state index >= 15 is 0 Å². The third-order valence-corrected chi connectivity index (χ3v) is 1.87. The summed E-state index contributed by atoms with van der Waals surface area (Å²) in [5.41, 5.74) is 5.56. The fraction of sp³-hybridized carbons (Fsp3) is 0.300. The van der Waals surface area contributed by atoms with Gasteiger partial charge in [0.1, 0.15) is 18.3 Å². The lowest BCUT2D eigenvalue weighted by molar-refractivity contribution is 0.00902. The van der Waals surface area contributed by atoms with E-state index in [0.717, 1.165) is 6.07 Å². The smallest absolute Gasteiger partial charge is 0.261 e. The first-order valence-corrected chi connectivity index (χ1v) is 4.49. The summed E-state index contributed by atoms with van der Waals surface area (Å²) < 4.78 is 41.4. The maximum Gasteiger partial charge on any atom is 0.261 e. The Labute approximate surface area is 90.5 Å². The van der Waals surface area contributed by atoms with E-state index < -0.39 is 18.8 Å². The normalized spacial score (nSPS) is 10.8. The van der Waals surface area contributed by atoms with Gasteiger partial charge in [-0.25, -0.2) is 13.2 Å². The first-order chi connectivity index (χ1) is 7.50. The largest absolute Gasteiger partial charge is 0.384 e. The second-order valence-electron chi connectivity index (χ2n) is 3.13. The molecule has 88 valence electrons. The van der Waals surface area contributed by atoms with Gasteiger partial charge in [-0.15, -0.1) is 0 Å². The van der Waals surface area contributed by atoms with Gasteiger partial charge in [-0.05, 0) is 6.07 Å². The van der Waals surface area contributed by atoms with Crippen LogP contribution in [0, 0.1) is 11.2 Å². The summed E-state index contributed by atoms with van der Waals surface area (Å²) in [6.07, 6.45) is -2.57. The van der Waals surface area contributed by atoms with Crippen molar-refractivity contribution in [3.8, 4) is 0 Å². The van der Waals surface area contributed by atoms with Crippen LogP contribution < -0.4 is 5.73 Å². The van der Waals surface area contributed by atoms with E-state index in [4.69, 9.17) is 11.1 Å². The Morgan fingerprint density at radius 3 is 2.62 bits per heavy atom. The fourth-order valence-electron chi connectivity index (χ4n) is 1.09. The monoisotopic (exact) mass is 232 g/mol. The summed E-state index contributed by atoms with van der Waals surface area (Å²) in [5.74, 6) is -0.874. The average Bonchev–Trinajstić information content (AvgIpc) is 2.19. The van der Waals surface area contributed by atoms with Crippen LogP contribution in [0.5, 0.6) is 0 Å². The molecule has 3 N–H and O–H groups in total. The molecule has 0 saturated carbocycles. The number of hydrogen-bond acceptors (Lipinski definition) is 2. The van der Waals surface area contributed by atoms with Crippen molar-refractivity contribution in [3.63, 3.8) is 0 Å². The molecular weight excluding hydrogens is 221 g/mol. The molecule has 0 aliphatic heterocycles. The Morgan fingerprint density at radius 2 is 2.12 bits per heavy atom. The number of amidine groups is 1. The summed E-state index contributed by atoms with van der Waals surface area (Å²) >= 11 is 0. The number of benzene rings is 1. The Balaban J connectivity index is 2.64. The number of hydrogen-bond donors (Lipinski definition) is 2. The zero-order valence-corrected chi connectivity index (χ0v) is 8.34. The molecule has 0 atom stereocenters. The van der Waals surface area contributed by atoms with E-state index in [1.807, 2.05) is 0 Å². The van der Waals surface area contributed by atoms with E-state index in [9.17, 15) is 13.2 Å². The number of ether oxygens (including phenoxy) is 1. The number of halogens is 3. The lowest BCUT2D eigenvalue weighted by Gasteiger charge is -2.06. The molecule has 1 aromatic carbocycles. The Kier molecular flexibility index (Phi) is 4.30. The van der Waals surface area contributed by atoms with Gasteiger partial charge in [-0.1, -0.05) is 12.1 Å². The molecule has 0 bridgehead atoms. The van der Waals surface area contributed by atoms with Crippen LogP contribution in [-0.4, -0.2) is 18.9 Å². The zero-order valence-electron chi connectivity index (χ0n) is 8.34. The van der Waals surface area contributed by atoms with Crippen LogP contribution in [-0.2, 0) is 11.3 Å². The molecule has 0 radical (unpaired) electrons. The summed E-state index contributed by atoms with van der Waals surface area (Å²) in [4.78, 5) is 0. The molecule has 6 heteroatoms. The quantitative estimate of drug-likeness (QED) is 0.601. The van der Waals surface area contributed by atoms with Crippen molar-refractivity contribution in [2.75, 3.05) is 6.61 Å². The van der Waals surface area contributed by atoms with Crippen LogP contribution in [0.15, 0.2) is 18.2 Å². The molecule has 0 aromatic heterocycles. The van der Waals surface area contributed by atoms with Crippen molar-refractivity contribution in [2.45, 2.75) is 13.0 Å². The molecular formula is C10H11F3N2O. The van der Waals surface area contributed by atoms with E-state index in [2.05, 4.69) is 4.74 Å². The number of rotatable bonds is 5.